The van der Waals surface area contributed by atoms with Crippen molar-refractivity contribution >= 4 is 0 Å². The molecule has 88 valence electrons. The number of aryl methyl sites for hydroxylation is 1. The van der Waals surface area contributed by atoms with E-state index in [0.29, 0.717) is 0 Å². The number of ether oxygens (including phenoxy) is 1. The number of benzene rings is 1. The third-order valence-corrected chi connectivity index (χ3v) is 3.07. The van der Waals surface area contributed by atoms with Crippen LogP contribution in [0, 0.1) is 5.82 Å². The van der Waals surface area contributed by atoms with Gasteiger partial charge in [-0.15, -0.1) is 0 Å². The maximum absolute atomic E-state index is 13.0. The molecule has 1 aliphatic rings. The summed E-state index contributed by atoms with van der Waals surface area (Å²) < 4.78 is 18.4. The third kappa shape index (κ3) is 3.03. The molecule has 0 spiro atoms. The van der Waals surface area contributed by atoms with Crippen molar-refractivity contribution in [3.8, 4) is 0 Å². The highest BCUT2D eigenvalue weighted by molar-refractivity contribution is 5.16. The predicted molar refractivity (Wildman–Crippen MR) is 61.9 cm³/mol. The molecule has 1 unspecified atom stereocenters. The fourth-order valence-corrected chi connectivity index (χ4v) is 2.05. The zero-order valence-corrected chi connectivity index (χ0v) is 9.63. The second kappa shape index (κ2) is 4.93. The first-order valence-electron chi connectivity index (χ1n) is 5.75. The van der Waals surface area contributed by atoms with Gasteiger partial charge in [-0.2, -0.15) is 0 Å². The van der Waals surface area contributed by atoms with Gasteiger partial charge in [0.25, 0.3) is 0 Å². The molecule has 16 heavy (non-hydrogen) atoms. The highest BCUT2D eigenvalue weighted by Crippen LogP contribution is 2.17. The lowest BCUT2D eigenvalue weighted by Gasteiger charge is -2.34. The Kier molecular flexibility index (Phi) is 3.56. The van der Waals surface area contributed by atoms with E-state index in [1.807, 2.05) is 6.07 Å². The van der Waals surface area contributed by atoms with E-state index in [1.165, 1.54) is 6.07 Å². The Bertz CT molecular complexity index is 348. The fraction of sp³-hybridized carbons (Fsp3) is 0.538. The van der Waals surface area contributed by atoms with Crippen molar-refractivity contribution in [2.45, 2.75) is 25.3 Å². The second-order valence-electron chi connectivity index (χ2n) is 4.67. The molecule has 1 heterocycles. The van der Waals surface area contributed by atoms with Crippen molar-refractivity contribution in [1.29, 1.82) is 0 Å². The molecule has 0 bridgehead atoms. The maximum atomic E-state index is 13.0. The summed E-state index contributed by atoms with van der Waals surface area (Å²) in [7, 11) is 0. The minimum atomic E-state index is -0.157. The number of halogens is 1. The zero-order chi connectivity index (χ0) is 11.4. The lowest BCUT2D eigenvalue weighted by Crippen LogP contribution is -2.52. The van der Waals surface area contributed by atoms with Crippen molar-refractivity contribution < 1.29 is 9.13 Å². The van der Waals surface area contributed by atoms with Crippen LogP contribution in [0.25, 0.3) is 0 Å². The minimum absolute atomic E-state index is 0.0323. The van der Waals surface area contributed by atoms with Crippen molar-refractivity contribution in [3.05, 3.63) is 35.6 Å². The molecule has 0 radical (unpaired) electrons. The topological polar surface area (TPSA) is 21.3 Å². The smallest absolute Gasteiger partial charge is 0.123 e. The van der Waals surface area contributed by atoms with Gasteiger partial charge in [0.2, 0.25) is 0 Å². The van der Waals surface area contributed by atoms with E-state index < -0.39 is 0 Å². The van der Waals surface area contributed by atoms with Crippen LogP contribution in [0.4, 0.5) is 4.39 Å². The van der Waals surface area contributed by atoms with Crippen LogP contribution in [-0.2, 0) is 11.2 Å². The fourth-order valence-electron chi connectivity index (χ4n) is 2.05. The van der Waals surface area contributed by atoms with E-state index in [1.54, 1.807) is 12.1 Å². The van der Waals surface area contributed by atoms with Crippen molar-refractivity contribution in [2.24, 2.45) is 0 Å². The van der Waals surface area contributed by atoms with Gasteiger partial charge in [0, 0.05) is 12.1 Å². The van der Waals surface area contributed by atoms with Crippen LogP contribution in [0.1, 0.15) is 18.9 Å². The Balaban J connectivity index is 1.91. The number of hydrogen-bond acceptors (Lipinski definition) is 2. The van der Waals surface area contributed by atoms with Crippen LogP contribution in [0.15, 0.2) is 24.3 Å². The van der Waals surface area contributed by atoms with Gasteiger partial charge in [0.15, 0.2) is 0 Å². The van der Waals surface area contributed by atoms with Crippen LogP contribution >= 0.6 is 0 Å². The van der Waals surface area contributed by atoms with E-state index >= 15 is 0 Å². The van der Waals surface area contributed by atoms with Gasteiger partial charge in [-0.1, -0.05) is 12.1 Å². The molecule has 1 saturated heterocycles. The van der Waals surface area contributed by atoms with Crippen LogP contribution in [0.2, 0.25) is 0 Å². The minimum Gasteiger partial charge on any atom is -0.378 e. The molecule has 1 atom stereocenters. The first kappa shape index (κ1) is 11.6. The Morgan fingerprint density at radius 2 is 2.38 bits per heavy atom. The molecule has 0 saturated carbocycles. The third-order valence-electron chi connectivity index (χ3n) is 3.07. The van der Waals surface area contributed by atoms with Gasteiger partial charge in [-0.25, -0.2) is 4.39 Å². The van der Waals surface area contributed by atoms with E-state index in [9.17, 15) is 4.39 Å². The summed E-state index contributed by atoms with van der Waals surface area (Å²) in [4.78, 5) is 0. The van der Waals surface area contributed by atoms with Gasteiger partial charge in [0.05, 0.1) is 13.2 Å². The highest BCUT2D eigenvalue weighted by Gasteiger charge is 2.26. The van der Waals surface area contributed by atoms with E-state index in [4.69, 9.17) is 4.74 Å². The maximum Gasteiger partial charge on any atom is 0.123 e. The SMILES string of the molecule is CC1(CCc2cccc(F)c2)COCCN1. The Morgan fingerprint density at radius 1 is 1.50 bits per heavy atom. The number of hydrogen-bond donors (Lipinski definition) is 1. The van der Waals surface area contributed by atoms with Gasteiger partial charge < -0.3 is 10.1 Å². The molecule has 1 aromatic carbocycles. The van der Waals surface area contributed by atoms with Crippen LogP contribution in [0.3, 0.4) is 0 Å². The van der Waals surface area contributed by atoms with Crippen LogP contribution in [-0.4, -0.2) is 25.3 Å². The van der Waals surface area contributed by atoms with Gasteiger partial charge in [-0.3, -0.25) is 0 Å². The highest BCUT2D eigenvalue weighted by atomic mass is 19.1. The monoisotopic (exact) mass is 223 g/mol. The van der Waals surface area contributed by atoms with Gasteiger partial charge >= 0.3 is 0 Å². The number of morpholine rings is 1. The molecule has 2 nitrogen and oxygen atoms in total. The lowest BCUT2D eigenvalue weighted by atomic mass is 9.93. The summed E-state index contributed by atoms with van der Waals surface area (Å²) in [6, 6.07) is 6.81. The molecule has 1 fully saturated rings. The first-order valence-corrected chi connectivity index (χ1v) is 5.75. The number of nitrogens with one attached hydrogen (secondary N) is 1. The van der Waals surface area contributed by atoms with E-state index in [2.05, 4.69) is 12.2 Å². The molecule has 1 aliphatic heterocycles. The summed E-state index contributed by atoms with van der Waals surface area (Å²) >= 11 is 0. The van der Waals surface area contributed by atoms with Crippen molar-refractivity contribution in [1.82, 2.24) is 5.32 Å². The second-order valence-corrected chi connectivity index (χ2v) is 4.67. The molecule has 0 aromatic heterocycles. The Labute approximate surface area is 95.8 Å². The first-order chi connectivity index (χ1) is 7.68. The largest absolute Gasteiger partial charge is 0.378 e. The van der Waals surface area contributed by atoms with Crippen molar-refractivity contribution in [2.75, 3.05) is 19.8 Å². The van der Waals surface area contributed by atoms with E-state index in [-0.39, 0.29) is 11.4 Å². The molecule has 0 aliphatic carbocycles. The summed E-state index contributed by atoms with van der Waals surface area (Å²) in [6.45, 7) is 4.59. The molecule has 0 amide bonds. The summed E-state index contributed by atoms with van der Waals surface area (Å²) in [5.74, 6) is -0.157. The van der Waals surface area contributed by atoms with Crippen molar-refractivity contribution in [3.63, 3.8) is 0 Å². The average Bonchev–Trinajstić information content (AvgIpc) is 2.28. The quantitative estimate of drug-likeness (QED) is 0.847. The normalized spacial score (nSPS) is 25.6. The summed E-state index contributed by atoms with van der Waals surface area (Å²) in [5.41, 5.74) is 1.08. The average molecular weight is 223 g/mol. The van der Waals surface area contributed by atoms with Gasteiger partial charge in [-0.05, 0) is 37.5 Å². The molecular formula is C13H18FNO. The standard InChI is InChI=1S/C13H18FNO/c1-13(10-16-8-7-15-13)6-5-11-3-2-4-12(14)9-11/h2-4,9,15H,5-8,10H2,1H3. The van der Waals surface area contributed by atoms with Crippen LogP contribution < -0.4 is 5.32 Å². The van der Waals surface area contributed by atoms with Gasteiger partial charge in [0.1, 0.15) is 5.82 Å². The molecule has 2 rings (SSSR count). The van der Waals surface area contributed by atoms with Crippen LogP contribution in [0.5, 0.6) is 0 Å². The Hall–Kier alpha value is -0.930. The van der Waals surface area contributed by atoms with E-state index in [0.717, 1.165) is 38.2 Å². The predicted octanol–water partition coefficient (Wildman–Crippen LogP) is 2.14. The Morgan fingerprint density at radius 3 is 3.06 bits per heavy atom. The molecule has 3 heteroatoms. The number of rotatable bonds is 3. The lowest BCUT2D eigenvalue weighted by molar-refractivity contribution is 0.0318. The molecular weight excluding hydrogens is 205 g/mol. The summed E-state index contributed by atoms with van der Waals surface area (Å²) in [5, 5.41) is 3.46. The zero-order valence-electron chi connectivity index (χ0n) is 9.63. The molecule has 1 N–H and O–H groups in total. The summed E-state index contributed by atoms with van der Waals surface area (Å²) in [6.07, 6.45) is 1.85. The molecule has 1 aromatic rings.